The van der Waals surface area contributed by atoms with Crippen molar-refractivity contribution >= 4 is 27.5 Å². The van der Waals surface area contributed by atoms with Gasteiger partial charge in [-0.25, -0.2) is 0 Å². The van der Waals surface area contributed by atoms with Crippen LogP contribution < -0.4 is 10.1 Å². The molecule has 1 aromatic carbocycles. The lowest BCUT2D eigenvalue weighted by Crippen LogP contribution is -2.07. The van der Waals surface area contributed by atoms with Crippen LogP contribution in [0.5, 0.6) is 5.75 Å². The molecule has 0 heterocycles. The summed E-state index contributed by atoms with van der Waals surface area (Å²) in [5.41, 5.74) is 0. The fourth-order valence-electron chi connectivity index (χ4n) is 1.35. The van der Waals surface area contributed by atoms with Crippen molar-refractivity contribution in [2.45, 2.75) is 19.3 Å². The first kappa shape index (κ1) is 13.8. The molecule has 0 atom stereocenters. The lowest BCUT2D eigenvalue weighted by atomic mass is 10.2. The largest absolute Gasteiger partial charge is 0.492 e. The van der Waals surface area contributed by atoms with Crippen LogP contribution in [0.1, 0.15) is 19.3 Å². The molecule has 0 aliphatic heterocycles. The third kappa shape index (κ3) is 5.19. The van der Waals surface area contributed by atoms with Gasteiger partial charge in [0.2, 0.25) is 0 Å². The minimum Gasteiger partial charge on any atom is -0.492 e. The zero-order chi connectivity index (χ0) is 11.8. The van der Waals surface area contributed by atoms with Crippen molar-refractivity contribution in [3.63, 3.8) is 0 Å². The van der Waals surface area contributed by atoms with E-state index in [4.69, 9.17) is 16.3 Å². The molecule has 1 rings (SSSR count). The summed E-state index contributed by atoms with van der Waals surface area (Å²) in [5, 5.41) is 3.79. The van der Waals surface area contributed by atoms with E-state index in [0.29, 0.717) is 5.02 Å². The van der Waals surface area contributed by atoms with Gasteiger partial charge in [-0.05, 0) is 51.1 Å². The number of unbranched alkanes of at least 4 members (excludes halogenated alkanes) is 2. The van der Waals surface area contributed by atoms with Crippen LogP contribution in [0, 0.1) is 0 Å². The summed E-state index contributed by atoms with van der Waals surface area (Å²) in [4.78, 5) is 0. The Hall–Kier alpha value is -0.250. The zero-order valence-electron chi connectivity index (χ0n) is 9.43. The van der Waals surface area contributed by atoms with E-state index in [-0.39, 0.29) is 0 Å². The second-order valence-corrected chi connectivity index (χ2v) is 4.91. The summed E-state index contributed by atoms with van der Waals surface area (Å²) in [6, 6.07) is 5.64. The van der Waals surface area contributed by atoms with Crippen LogP contribution in [0.2, 0.25) is 5.02 Å². The summed E-state index contributed by atoms with van der Waals surface area (Å²) in [5.74, 6) is 0.754. The molecule has 16 heavy (non-hydrogen) atoms. The highest BCUT2D eigenvalue weighted by atomic mass is 79.9. The number of benzene rings is 1. The number of halogens is 2. The fourth-order valence-corrected chi connectivity index (χ4v) is 1.86. The SMILES string of the molecule is CNCCCCCOc1cc(Br)ccc1Cl. The summed E-state index contributed by atoms with van der Waals surface area (Å²) >= 11 is 9.40. The average Bonchev–Trinajstić information content (AvgIpc) is 2.28. The second-order valence-electron chi connectivity index (χ2n) is 3.59. The van der Waals surface area contributed by atoms with Crippen LogP contribution in [0.3, 0.4) is 0 Å². The van der Waals surface area contributed by atoms with Crippen molar-refractivity contribution in [2.75, 3.05) is 20.2 Å². The predicted molar refractivity (Wildman–Crippen MR) is 72.4 cm³/mol. The Morgan fingerprint density at radius 3 is 2.88 bits per heavy atom. The maximum absolute atomic E-state index is 6.00. The van der Waals surface area contributed by atoms with Crippen molar-refractivity contribution < 1.29 is 4.74 Å². The van der Waals surface area contributed by atoms with E-state index in [1.165, 1.54) is 12.8 Å². The first-order valence-electron chi connectivity index (χ1n) is 5.46. The zero-order valence-corrected chi connectivity index (χ0v) is 11.8. The molecule has 0 aliphatic rings. The molecule has 0 unspecified atom stereocenters. The van der Waals surface area contributed by atoms with Crippen molar-refractivity contribution in [3.8, 4) is 5.75 Å². The van der Waals surface area contributed by atoms with Crippen molar-refractivity contribution in [1.82, 2.24) is 5.32 Å². The van der Waals surface area contributed by atoms with E-state index in [1.54, 1.807) is 0 Å². The Kier molecular flexibility index (Phi) is 6.85. The Morgan fingerprint density at radius 1 is 1.31 bits per heavy atom. The van der Waals surface area contributed by atoms with Gasteiger partial charge in [-0.2, -0.15) is 0 Å². The van der Waals surface area contributed by atoms with Gasteiger partial charge in [0.15, 0.2) is 0 Å². The number of nitrogens with one attached hydrogen (secondary N) is 1. The fraction of sp³-hybridized carbons (Fsp3) is 0.500. The van der Waals surface area contributed by atoms with Gasteiger partial charge in [-0.3, -0.25) is 0 Å². The normalized spacial score (nSPS) is 10.4. The van der Waals surface area contributed by atoms with Crippen LogP contribution in [-0.4, -0.2) is 20.2 Å². The molecule has 0 radical (unpaired) electrons. The van der Waals surface area contributed by atoms with E-state index in [9.17, 15) is 0 Å². The molecule has 0 spiro atoms. The average molecular weight is 307 g/mol. The van der Waals surface area contributed by atoms with Crippen molar-refractivity contribution in [1.29, 1.82) is 0 Å². The van der Waals surface area contributed by atoms with Gasteiger partial charge in [0.1, 0.15) is 5.75 Å². The van der Waals surface area contributed by atoms with E-state index in [0.717, 1.165) is 29.8 Å². The minimum atomic E-state index is 0.665. The van der Waals surface area contributed by atoms with Crippen molar-refractivity contribution in [2.24, 2.45) is 0 Å². The van der Waals surface area contributed by atoms with Gasteiger partial charge in [0.25, 0.3) is 0 Å². The number of hydrogen-bond donors (Lipinski definition) is 1. The third-order valence-corrected chi connectivity index (χ3v) is 3.03. The third-order valence-electron chi connectivity index (χ3n) is 2.22. The lowest BCUT2D eigenvalue weighted by Gasteiger charge is -2.08. The maximum atomic E-state index is 6.00. The molecule has 0 fully saturated rings. The molecular weight excluding hydrogens is 289 g/mol. The molecule has 0 saturated heterocycles. The molecule has 2 nitrogen and oxygen atoms in total. The summed E-state index contributed by atoms with van der Waals surface area (Å²) < 4.78 is 6.60. The smallest absolute Gasteiger partial charge is 0.139 e. The van der Waals surface area contributed by atoms with Gasteiger partial charge in [-0.1, -0.05) is 27.5 Å². The van der Waals surface area contributed by atoms with E-state index >= 15 is 0 Å². The molecular formula is C12H17BrClNO. The van der Waals surface area contributed by atoms with Gasteiger partial charge in [0.05, 0.1) is 11.6 Å². The Labute approximate surface area is 110 Å². The molecule has 4 heteroatoms. The molecule has 0 aromatic heterocycles. The minimum absolute atomic E-state index is 0.665. The summed E-state index contributed by atoms with van der Waals surface area (Å²) in [6.07, 6.45) is 3.42. The molecule has 90 valence electrons. The quantitative estimate of drug-likeness (QED) is 0.772. The monoisotopic (exact) mass is 305 g/mol. The van der Waals surface area contributed by atoms with E-state index in [1.807, 2.05) is 25.2 Å². The standard InChI is InChI=1S/C12H17BrClNO/c1-15-7-3-2-4-8-16-12-9-10(13)5-6-11(12)14/h5-6,9,15H,2-4,7-8H2,1H3. The number of ether oxygens (including phenoxy) is 1. The molecule has 1 N–H and O–H groups in total. The van der Waals surface area contributed by atoms with Crippen molar-refractivity contribution in [3.05, 3.63) is 27.7 Å². The molecule has 1 aromatic rings. The number of hydrogen-bond acceptors (Lipinski definition) is 2. The second kappa shape index (κ2) is 7.93. The van der Waals surface area contributed by atoms with Crippen LogP contribution >= 0.6 is 27.5 Å². The molecule has 0 aliphatic carbocycles. The predicted octanol–water partition coefficient (Wildman–Crippen LogP) is 3.87. The van der Waals surface area contributed by atoms with Gasteiger partial charge >= 0.3 is 0 Å². The Bertz CT molecular complexity index is 320. The van der Waals surface area contributed by atoms with Crippen LogP contribution in [0.25, 0.3) is 0 Å². The topological polar surface area (TPSA) is 21.3 Å². The van der Waals surface area contributed by atoms with E-state index in [2.05, 4.69) is 21.2 Å². The molecule has 0 amide bonds. The van der Waals surface area contributed by atoms with Gasteiger partial charge in [0, 0.05) is 4.47 Å². The van der Waals surface area contributed by atoms with Gasteiger partial charge in [-0.15, -0.1) is 0 Å². The maximum Gasteiger partial charge on any atom is 0.139 e. The molecule has 0 saturated carbocycles. The lowest BCUT2D eigenvalue weighted by molar-refractivity contribution is 0.305. The summed E-state index contributed by atoms with van der Waals surface area (Å²) in [6.45, 7) is 1.79. The van der Waals surface area contributed by atoms with E-state index < -0.39 is 0 Å². The highest BCUT2D eigenvalue weighted by molar-refractivity contribution is 9.10. The Balaban J connectivity index is 2.23. The highest BCUT2D eigenvalue weighted by Gasteiger charge is 2.01. The first-order chi connectivity index (χ1) is 7.74. The Morgan fingerprint density at radius 2 is 2.12 bits per heavy atom. The van der Waals surface area contributed by atoms with Crippen LogP contribution in [0.15, 0.2) is 22.7 Å². The first-order valence-corrected chi connectivity index (χ1v) is 6.63. The summed E-state index contributed by atoms with van der Waals surface area (Å²) in [7, 11) is 1.97. The van der Waals surface area contributed by atoms with Crippen LogP contribution in [0.4, 0.5) is 0 Å². The molecule has 0 bridgehead atoms. The number of rotatable bonds is 7. The highest BCUT2D eigenvalue weighted by Crippen LogP contribution is 2.27. The van der Waals surface area contributed by atoms with Crippen LogP contribution in [-0.2, 0) is 0 Å². The van der Waals surface area contributed by atoms with Gasteiger partial charge < -0.3 is 10.1 Å².